The highest BCUT2D eigenvalue weighted by atomic mass is 16.3. The van der Waals surface area contributed by atoms with E-state index >= 15 is 0 Å². The van der Waals surface area contributed by atoms with E-state index in [9.17, 15) is 9.59 Å². The number of nitrogens with zero attached hydrogens (tertiary/aromatic N) is 3. The van der Waals surface area contributed by atoms with E-state index in [0.717, 1.165) is 59.3 Å². The molecule has 3 aromatic rings. The van der Waals surface area contributed by atoms with Crippen LogP contribution in [-0.4, -0.2) is 26.8 Å². The van der Waals surface area contributed by atoms with Gasteiger partial charge in [0.05, 0.1) is 0 Å². The molecule has 0 spiro atoms. The number of nitrogens with one attached hydrogen (secondary N) is 1. The molecule has 2 aromatic heterocycles. The minimum Gasteiger partial charge on any atom is -0.450 e. The Morgan fingerprint density at radius 2 is 2.00 bits per heavy atom. The lowest BCUT2D eigenvalue weighted by molar-refractivity contribution is 0.0926. The molecule has 0 bridgehead atoms. The number of aryl methyl sites for hydroxylation is 5. The fraction of sp³-hybridized carbons (Fsp3) is 0.476. The zero-order chi connectivity index (χ0) is 19.8. The Bertz CT molecular complexity index is 1100. The van der Waals surface area contributed by atoms with Crippen molar-refractivity contribution >= 4 is 16.9 Å². The van der Waals surface area contributed by atoms with Crippen LogP contribution >= 0.6 is 0 Å². The maximum atomic E-state index is 12.6. The lowest BCUT2D eigenvalue weighted by Crippen LogP contribution is -2.29. The number of aromatic nitrogens is 3. The van der Waals surface area contributed by atoms with Crippen LogP contribution in [-0.2, 0) is 19.5 Å². The highest BCUT2D eigenvalue weighted by Crippen LogP contribution is 2.30. The molecule has 0 atom stereocenters. The number of furan rings is 1. The average Bonchev–Trinajstić information content (AvgIpc) is 3.20. The van der Waals surface area contributed by atoms with Crippen molar-refractivity contribution in [1.29, 1.82) is 0 Å². The van der Waals surface area contributed by atoms with Gasteiger partial charge in [-0.2, -0.15) is 5.10 Å². The molecule has 0 fully saturated rings. The van der Waals surface area contributed by atoms with Gasteiger partial charge in [-0.15, -0.1) is 0 Å². The fourth-order valence-electron chi connectivity index (χ4n) is 4.00. The second-order valence-corrected chi connectivity index (χ2v) is 7.60. The average molecular weight is 382 g/mol. The van der Waals surface area contributed by atoms with Crippen LogP contribution in [0.1, 0.15) is 52.3 Å². The highest BCUT2D eigenvalue weighted by Gasteiger charge is 2.20. The maximum absolute atomic E-state index is 12.6. The van der Waals surface area contributed by atoms with Gasteiger partial charge in [-0.1, -0.05) is 12.1 Å². The Morgan fingerprint density at radius 1 is 1.21 bits per heavy atom. The Morgan fingerprint density at radius 3 is 2.75 bits per heavy atom. The second-order valence-electron chi connectivity index (χ2n) is 7.60. The van der Waals surface area contributed by atoms with Crippen molar-refractivity contribution in [3.63, 3.8) is 0 Å². The molecule has 0 unspecified atom stereocenters. The molecule has 1 aromatic carbocycles. The van der Waals surface area contributed by atoms with E-state index in [2.05, 4.69) is 10.4 Å². The van der Waals surface area contributed by atoms with Crippen LogP contribution in [0.3, 0.4) is 0 Å². The molecule has 1 amide bonds. The predicted molar refractivity (Wildman–Crippen MR) is 107 cm³/mol. The largest absolute Gasteiger partial charge is 0.450 e. The summed E-state index contributed by atoms with van der Waals surface area (Å²) in [5.41, 5.74) is 3.72. The number of carbonyl (C=O) groups excluding carboxylic acids is 1. The minimum atomic E-state index is -0.219. The third-order valence-corrected chi connectivity index (χ3v) is 5.55. The van der Waals surface area contributed by atoms with Crippen LogP contribution in [0.15, 0.2) is 21.3 Å². The van der Waals surface area contributed by atoms with Crippen molar-refractivity contribution in [1.82, 2.24) is 19.7 Å². The molecule has 7 nitrogen and oxygen atoms in total. The Kier molecular flexibility index (Phi) is 4.83. The molecule has 3 heterocycles. The smallest absolute Gasteiger partial charge is 0.345 e. The van der Waals surface area contributed by atoms with E-state index in [-0.39, 0.29) is 11.6 Å². The molecule has 1 N–H and O–H groups in total. The third-order valence-electron chi connectivity index (χ3n) is 5.55. The molecular formula is C21H26N4O3. The second kappa shape index (κ2) is 7.30. The Labute approximate surface area is 163 Å². The number of carbonyl (C=O) groups is 1. The SMILES string of the molecule is Cc1ccc(C)c2c(C)c(C(=O)NCCCn3nc4n(c3=O)CCCC4)oc12. The summed E-state index contributed by atoms with van der Waals surface area (Å²) in [6.07, 6.45) is 3.62. The summed E-state index contributed by atoms with van der Waals surface area (Å²) in [5.74, 6) is 1.02. The number of hydrogen-bond acceptors (Lipinski definition) is 4. The van der Waals surface area contributed by atoms with E-state index in [1.54, 1.807) is 4.57 Å². The van der Waals surface area contributed by atoms with Crippen LogP contribution < -0.4 is 11.0 Å². The van der Waals surface area contributed by atoms with Crippen molar-refractivity contribution in [2.75, 3.05) is 6.54 Å². The molecule has 4 rings (SSSR count). The molecule has 0 radical (unpaired) electrons. The number of rotatable bonds is 5. The van der Waals surface area contributed by atoms with Gasteiger partial charge in [0, 0.05) is 37.0 Å². The van der Waals surface area contributed by atoms with Gasteiger partial charge in [0.2, 0.25) is 0 Å². The number of benzene rings is 1. The zero-order valence-corrected chi connectivity index (χ0v) is 16.7. The van der Waals surface area contributed by atoms with E-state index in [0.29, 0.717) is 25.3 Å². The van der Waals surface area contributed by atoms with Crippen LogP contribution in [0, 0.1) is 20.8 Å². The van der Waals surface area contributed by atoms with E-state index < -0.39 is 0 Å². The topological polar surface area (TPSA) is 82.1 Å². The maximum Gasteiger partial charge on any atom is 0.345 e. The lowest BCUT2D eigenvalue weighted by Gasteiger charge is -2.09. The van der Waals surface area contributed by atoms with E-state index in [4.69, 9.17) is 4.42 Å². The van der Waals surface area contributed by atoms with Crippen LogP contribution in [0.25, 0.3) is 11.0 Å². The fourth-order valence-corrected chi connectivity index (χ4v) is 4.00. The molecule has 1 aliphatic rings. The van der Waals surface area contributed by atoms with Crippen molar-refractivity contribution in [2.24, 2.45) is 0 Å². The molecule has 148 valence electrons. The summed E-state index contributed by atoms with van der Waals surface area (Å²) < 4.78 is 9.17. The number of amides is 1. The first-order valence-electron chi connectivity index (χ1n) is 9.91. The monoisotopic (exact) mass is 382 g/mol. The van der Waals surface area contributed by atoms with Crippen LogP contribution in [0.2, 0.25) is 0 Å². The minimum absolute atomic E-state index is 0.0416. The van der Waals surface area contributed by atoms with E-state index in [1.807, 2.05) is 32.9 Å². The van der Waals surface area contributed by atoms with Gasteiger partial charge in [-0.3, -0.25) is 9.36 Å². The molecule has 1 aliphatic heterocycles. The van der Waals surface area contributed by atoms with Gasteiger partial charge in [0.15, 0.2) is 5.76 Å². The highest BCUT2D eigenvalue weighted by molar-refractivity contribution is 6.00. The quantitative estimate of drug-likeness (QED) is 0.688. The van der Waals surface area contributed by atoms with Crippen molar-refractivity contribution < 1.29 is 9.21 Å². The van der Waals surface area contributed by atoms with Gasteiger partial charge >= 0.3 is 5.69 Å². The van der Waals surface area contributed by atoms with Crippen molar-refractivity contribution in [3.05, 3.63) is 50.9 Å². The van der Waals surface area contributed by atoms with Crippen LogP contribution in [0.5, 0.6) is 0 Å². The standard InChI is InChI=1S/C21H26N4O3/c1-13-8-9-14(2)18-17(13)15(3)19(28-18)20(26)22-10-6-12-25-21(27)24-11-5-4-7-16(24)23-25/h8-9H,4-7,10-12H2,1-3H3,(H,22,26). The predicted octanol–water partition coefficient (Wildman–Crippen LogP) is 2.87. The summed E-state index contributed by atoms with van der Waals surface area (Å²) in [6, 6.07) is 4.05. The van der Waals surface area contributed by atoms with Gasteiger partial charge in [-0.25, -0.2) is 9.48 Å². The molecule has 0 saturated carbocycles. The van der Waals surface area contributed by atoms with Gasteiger partial charge in [-0.05, 0) is 51.2 Å². The molecular weight excluding hydrogens is 356 g/mol. The lowest BCUT2D eigenvalue weighted by atomic mass is 10.0. The first kappa shape index (κ1) is 18.5. The van der Waals surface area contributed by atoms with Crippen molar-refractivity contribution in [3.8, 4) is 0 Å². The summed E-state index contributed by atoms with van der Waals surface area (Å²) >= 11 is 0. The summed E-state index contributed by atoms with van der Waals surface area (Å²) in [4.78, 5) is 24.9. The van der Waals surface area contributed by atoms with Gasteiger partial charge in [0.25, 0.3) is 5.91 Å². The van der Waals surface area contributed by atoms with Crippen LogP contribution in [0.4, 0.5) is 0 Å². The Hall–Kier alpha value is -2.83. The zero-order valence-electron chi connectivity index (χ0n) is 16.7. The molecule has 7 heteroatoms. The third kappa shape index (κ3) is 3.15. The van der Waals surface area contributed by atoms with E-state index in [1.165, 1.54) is 4.68 Å². The molecule has 28 heavy (non-hydrogen) atoms. The summed E-state index contributed by atoms with van der Waals surface area (Å²) in [7, 11) is 0. The first-order valence-corrected chi connectivity index (χ1v) is 9.91. The first-order chi connectivity index (χ1) is 13.5. The van der Waals surface area contributed by atoms with Crippen molar-refractivity contribution in [2.45, 2.75) is 59.5 Å². The Balaban J connectivity index is 1.40. The normalized spacial score (nSPS) is 13.7. The number of hydrogen-bond donors (Lipinski definition) is 1. The molecule has 0 saturated heterocycles. The summed E-state index contributed by atoms with van der Waals surface area (Å²) in [6.45, 7) is 7.64. The summed E-state index contributed by atoms with van der Waals surface area (Å²) in [5, 5.41) is 8.35. The van der Waals surface area contributed by atoms with Gasteiger partial charge in [0.1, 0.15) is 11.4 Å². The number of fused-ring (bicyclic) bond motifs is 2. The molecule has 0 aliphatic carbocycles. The van der Waals surface area contributed by atoms with Gasteiger partial charge < -0.3 is 9.73 Å².